The van der Waals surface area contributed by atoms with Crippen LogP contribution in [0.25, 0.3) is 10.9 Å². The van der Waals surface area contributed by atoms with Gasteiger partial charge in [0.15, 0.2) is 0 Å². The maximum atomic E-state index is 13.8. The van der Waals surface area contributed by atoms with E-state index < -0.39 is 32.3 Å². The predicted molar refractivity (Wildman–Crippen MR) is 163 cm³/mol. The van der Waals surface area contributed by atoms with Crippen molar-refractivity contribution in [3.8, 4) is 0 Å². The Morgan fingerprint density at radius 3 is 2.55 bits per heavy atom. The number of hydrogen-bond donors (Lipinski definition) is 2. The fraction of sp³-hybridized carbons (Fsp3) is 0.355. The highest BCUT2D eigenvalue weighted by atomic mass is 32.2. The second-order valence-electron chi connectivity index (χ2n) is 11.2. The maximum absolute atomic E-state index is 13.8. The Hall–Kier alpha value is -4.07. The number of amides is 1. The highest BCUT2D eigenvalue weighted by Crippen LogP contribution is 2.33. The number of nitrogens with one attached hydrogen (secondary N) is 2. The van der Waals surface area contributed by atoms with Crippen LogP contribution in [0, 0.1) is 11.6 Å². The van der Waals surface area contributed by atoms with Crippen molar-refractivity contribution in [3.63, 3.8) is 0 Å². The monoisotopic (exact) mass is 624 g/mol. The van der Waals surface area contributed by atoms with E-state index in [1.807, 2.05) is 12.1 Å². The highest BCUT2D eigenvalue weighted by Gasteiger charge is 2.25. The Balaban J connectivity index is 1.30. The van der Waals surface area contributed by atoms with Gasteiger partial charge in [0, 0.05) is 37.7 Å². The number of sulfone groups is 1. The number of rotatable bonds is 7. The van der Waals surface area contributed by atoms with Crippen molar-refractivity contribution in [1.82, 2.24) is 14.8 Å². The Kier molecular flexibility index (Phi) is 8.52. The van der Waals surface area contributed by atoms with Crippen LogP contribution in [0.2, 0.25) is 0 Å². The van der Waals surface area contributed by atoms with Crippen LogP contribution in [0.5, 0.6) is 0 Å². The molecule has 44 heavy (non-hydrogen) atoms. The Morgan fingerprint density at radius 1 is 0.955 bits per heavy atom. The summed E-state index contributed by atoms with van der Waals surface area (Å²) in [7, 11) is -2.10. The fourth-order valence-electron chi connectivity index (χ4n) is 5.69. The van der Waals surface area contributed by atoms with E-state index in [1.54, 1.807) is 6.07 Å². The lowest BCUT2D eigenvalue weighted by molar-refractivity contribution is 0.0343. The van der Waals surface area contributed by atoms with E-state index in [9.17, 15) is 22.0 Å². The van der Waals surface area contributed by atoms with E-state index in [4.69, 9.17) is 4.74 Å². The third kappa shape index (κ3) is 6.26. The number of carbonyl (C=O) groups excluding carboxylic acids is 1. The second-order valence-corrected chi connectivity index (χ2v) is 13.1. The van der Waals surface area contributed by atoms with E-state index in [0.29, 0.717) is 34.8 Å². The van der Waals surface area contributed by atoms with Crippen LogP contribution < -0.4 is 15.6 Å². The van der Waals surface area contributed by atoms with Crippen molar-refractivity contribution < 1.29 is 26.7 Å². The Bertz CT molecular complexity index is 1770. The van der Waals surface area contributed by atoms with Crippen LogP contribution in [0.3, 0.4) is 0 Å². The van der Waals surface area contributed by atoms with E-state index in [1.165, 1.54) is 29.2 Å². The zero-order valence-electron chi connectivity index (χ0n) is 24.3. The first-order valence-corrected chi connectivity index (χ1v) is 16.1. The third-order valence-corrected chi connectivity index (χ3v) is 9.77. The molecule has 2 N–H and O–H groups in total. The molecular formula is C31H34F2N6O4S. The topological polar surface area (TPSA) is 109 Å². The van der Waals surface area contributed by atoms with Crippen LogP contribution in [0.15, 0.2) is 70.6 Å². The summed E-state index contributed by atoms with van der Waals surface area (Å²) < 4.78 is 59.7. The minimum absolute atomic E-state index is 0.157. The molecule has 0 bridgehead atoms. The molecule has 13 heteroatoms. The number of aromatic nitrogens is 2. The number of benzene rings is 3. The van der Waals surface area contributed by atoms with Gasteiger partial charge in [0.2, 0.25) is 9.84 Å². The summed E-state index contributed by atoms with van der Waals surface area (Å²) in [6.45, 7) is 4.23. The van der Waals surface area contributed by atoms with Gasteiger partial charge in [0.25, 0.3) is 5.91 Å². The van der Waals surface area contributed by atoms with Gasteiger partial charge in [-0.25, -0.2) is 22.6 Å². The molecule has 2 aliphatic rings. The summed E-state index contributed by atoms with van der Waals surface area (Å²) in [4.78, 5) is 19.0. The van der Waals surface area contributed by atoms with Crippen LogP contribution in [-0.2, 0) is 14.6 Å². The minimum Gasteiger partial charge on any atom is -0.369 e. The molecular weight excluding hydrogens is 590 g/mol. The number of fused-ring (bicyclic) bond motifs is 1. The molecule has 1 unspecified atom stereocenters. The number of hydrogen-bond acceptors (Lipinski definition) is 8. The fourth-order valence-corrected chi connectivity index (χ4v) is 7.03. The van der Waals surface area contributed by atoms with E-state index >= 15 is 0 Å². The first-order chi connectivity index (χ1) is 21.2. The number of nitrogens with zero attached hydrogens (tertiary/aromatic N) is 4. The molecule has 0 radical (unpaired) electrons. The summed E-state index contributed by atoms with van der Waals surface area (Å²) >= 11 is 0. The smallest absolute Gasteiger partial charge is 0.273 e. The van der Waals surface area contributed by atoms with Crippen molar-refractivity contribution in [2.24, 2.45) is 0 Å². The number of anilines is 2. The maximum Gasteiger partial charge on any atom is 0.273 e. The minimum atomic E-state index is -4.21. The van der Waals surface area contributed by atoms with Gasteiger partial charge in [0.05, 0.1) is 38.4 Å². The van der Waals surface area contributed by atoms with Crippen molar-refractivity contribution in [2.75, 3.05) is 55.5 Å². The molecule has 1 amide bonds. The zero-order valence-corrected chi connectivity index (χ0v) is 25.1. The number of carbonyl (C=O) groups is 1. The van der Waals surface area contributed by atoms with Gasteiger partial charge < -0.3 is 19.9 Å². The SMILES string of the molecule is CN1CCCN(c2cccc(C(=O)Nn3ncc4cc(S(=O)(=O)c5cc(F)cc(F)c5)ccc43)c2NC2CCCCO2)CC1. The number of likely N-dealkylation sites (N-methyl/N-ethyl adjacent to an activating group) is 1. The van der Waals surface area contributed by atoms with Crippen molar-refractivity contribution in [3.05, 3.63) is 78.0 Å². The molecule has 2 fully saturated rings. The summed E-state index contributed by atoms with van der Waals surface area (Å²) in [6.07, 6.45) is 5.05. The quantitative estimate of drug-likeness (QED) is 0.307. The molecule has 1 aromatic heterocycles. The number of ether oxygens (including phenoxy) is 1. The Morgan fingerprint density at radius 2 is 1.77 bits per heavy atom. The zero-order chi connectivity index (χ0) is 30.8. The van der Waals surface area contributed by atoms with Crippen molar-refractivity contribution >= 4 is 38.0 Å². The van der Waals surface area contributed by atoms with Crippen LogP contribution in [0.1, 0.15) is 36.0 Å². The molecule has 4 aromatic rings. The normalized spacial score (nSPS) is 18.2. The lowest BCUT2D eigenvalue weighted by atomic mass is 10.1. The lowest BCUT2D eigenvalue weighted by Crippen LogP contribution is -2.33. The third-order valence-electron chi connectivity index (χ3n) is 8.04. The lowest BCUT2D eigenvalue weighted by Gasteiger charge is -2.31. The summed E-state index contributed by atoms with van der Waals surface area (Å²) in [5.74, 6) is -2.39. The standard InChI is InChI=1S/C31H34F2N6O4S/c1-37-11-5-12-38(14-13-37)28-7-4-6-26(30(28)35-29-8-2-3-15-43-29)31(40)36-39-27-10-9-24(16-21(27)20-34-39)44(41,42)25-18-22(32)17-23(33)19-25/h4,6-7,9-10,16-20,29,35H,2-3,5,8,11-15H2,1H3,(H,36,40). The van der Waals surface area contributed by atoms with Gasteiger partial charge in [-0.15, -0.1) is 0 Å². The molecule has 232 valence electrons. The Labute approximate surface area is 254 Å². The molecule has 3 aromatic carbocycles. The van der Waals surface area contributed by atoms with Crippen LogP contribution >= 0.6 is 0 Å². The highest BCUT2D eigenvalue weighted by molar-refractivity contribution is 7.91. The van der Waals surface area contributed by atoms with Gasteiger partial charge in [-0.1, -0.05) is 6.07 Å². The summed E-state index contributed by atoms with van der Waals surface area (Å²) in [5, 5.41) is 8.19. The summed E-state index contributed by atoms with van der Waals surface area (Å²) in [5.41, 5.74) is 5.30. The van der Waals surface area contributed by atoms with Crippen molar-refractivity contribution in [2.45, 2.75) is 41.7 Å². The van der Waals surface area contributed by atoms with Gasteiger partial charge >= 0.3 is 0 Å². The van der Waals surface area contributed by atoms with Gasteiger partial charge in [-0.05, 0) is 81.7 Å². The first-order valence-electron chi connectivity index (χ1n) is 14.6. The number of halogens is 2. The molecule has 2 saturated heterocycles. The molecule has 6 rings (SSSR count). The average Bonchev–Trinajstić information content (AvgIpc) is 3.27. The number of para-hydroxylation sites is 1. The van der Waals surface area contributed by atoms with Gasteiger partial charge in [-0.3, -0.25) is 4.79 Å². The largest absolute Gasteiger partial charge is 0.369 e. The molecule has 1 atom stereocenters. The van der Waals surface area contributed by atoms with Crippen molar-refractivity contribution in [1.29, 1.82) is 0 Å². The van der Waals surface area contributed by atoms with E-state index in [2.05, 4.69) is 32.7 Å². The first kappa shape index (κ1) is 30.0. The molecule has 10 nitrogen and oxygen atoms in total. The van der Waals surface area contributed by atoms with Gasteiger partial charge in [0.1, 0.15) is 17.9 Å². The van der Waals surface area contributed by atoms with Crippen LogP contribution in [-0.4, -0.2) is 75.2 Å². The average molecular weight is 625 g/mol. The van der Waals surface area contributed by atoms with E-state index in [0.717, 1.165) is 69.7 Å². The molecule has 0 aliphatic carbocycles. The van der Waals surface area contributed by atoms with E-state index in [-0.39, 0.29) is 11.1 Å². The second kappa shape index (κ2) is 12.5. The predicted octanol–water partition coefficient (Wildman–Crippen LogP) is 4.61. The summed E-state index contributed by atoms with van der Waals surface area (Å²) in [6, 6.07) is 11.9. The van der Waals surface area contributed by atoms with Gasteiger partial charge in [-0.2, -0.15) is 9.89 Å². The molecule has 3 heterocycles. The molecule has 0 spiro atoms. The molecule has 2 aliphatic heterocycles. The van der Waals surface area contributed by atoms with Crippen LogP contribution in [0.4, 0.5) is 20.2 Å². The molecule has 0 saturated carbocycles.